The second-order valence-corrected chi connectivity index (χ2v) is 6.31. The first-order valence-electron chi connectivity index (χ1n) is 7.88. The van der Waals surface area contributed by atoms with E-state index in [4.69, 9.17) is 9.15 Å². The third-order valence-corrected chi connectivity index (χ3v) is 4.06. The molecular weight excluding hydrogens is 416 g/mol. The number of nitrogens with one attached hydrogen (secondary N) is 1. The molecule has 0 aliphatic carbocycles. The lowest BCUT2D eigenvalue weighted by atomic mass is 10.2. The van der Waals surface area contributed by atoms with Crippen molar-refractivity contribution in [3.63, 3.8) is 0 Å². The van der Waals surface area contributed by atoms with Crippen LogP contribution in [0.4, 0.5) is 0 Å². The lowest BCUT2D eigenvalue weighted by molar-refractivity contribution is -0.142. The molecule has 2 aromatic carbocycles. The number of furan rings is 1. The topological polar surface area (TPSA) is 90.1 Å². The first-order valence-corrected chi connectivity index (χ1v) is 8.67. The number of fused-ring (bicyclic) bond motifs is 1. The van der Waals surface area contributed by atoms with Crippen molar-refractivity contribution in [1.29, 1.82) is 0 Å². The van der Waals surface area contributed by atoms with Crippen molar-refractivity contribution in [3.05, 3.63) is 64.3 Å². The Bertz CT molecular complexity index is 979. The van der Waals surface area contributed by atoms with E-state index in [1.165, 1.54) is 13.3 Å². The first-order chi connectivity index (χ1) is 13.1. The Morgan fingerprint density at radius 2 is 2.04 bits per heavy atom. The largest absolute Gasteiger partial charge is 0.481 e. The smallest absolute Gasteiger partial charge is 0.343 e. The van der Waals surface area contributed by atoms with Gasteiger partial charge in [-0.25, -0.2) is 10.2 Å². The molecule has 7 nitrogen and oxygen atoms in total. The molecule has 0 unspecified atom stereocenters. The third-order valence-electron chi connectivity index (χ3n) is 3.56. The molecule has 1 heterocycles. The molecule has 27 heavy (non-hydrogen) atoms. The molecule has 1 N–H and O–H groups in total. The van der Waals surface area contributed by atoms with E-state index in [-0.39, 0.29) is 12.4 Å². The molecule has 1 aromatic heterocycles. The van der Waals surface area contributed by atoms with E-state index in [0.29, 0.717) is 16.9 Å². The van der Waals surface area contributed by atoms with E-state index < -0.39 is 11.9 Å². The van der Waals surface area contributed by atoms with Crippen molar-refractivity contribution in [2.24, 2.45) is 5.10 Å². The molecule has 0 saturated heterocycles. The molecule has 3 rings (SSSR count). The molecule has 0 atom stereocenters. The Kier molecular flexibility index (Phi) is 5.87. The number of amides is 1. The van der Waals surface area contributed by atoms with Crippen molar-refractivity contribution < 1.29 is 23.5 Å². The van der Waals surface area contributed by atoms with Gasteiger partial charge in [0, 0.05) is 15.4 Å². The monoisotopic (exact) mass is 430 g/mol. The van der Waals surface area contributed by atoms with Gasteiger partial charge < -0.3 is 13.9 Å². The summed E-state index contributed by atoms with van der Waals surface area (Å²) in [6, 6.07) is 14.1. The number of para-hydroxylation sites is 1. The number of nitrogens with zero attached hydrogens (tertiary/aromatic N) is 1. The number of carbonyl (C=O) groups is 2. The lowest BCUT2D eigenvalue weighted by Gasteiger charge is -2.08. The van der Waals surface area contributed by atoms with E-state index in [1.807, 2.05) is 18.2 Å². The molecular formula is C19H15BrN2O5. The summed E-state index contributed by atoms with van der Waals surface area (Å²) in [6.07, 6.45) is 1.41. The van der Waals surface area contributed by atoms with E-state index in [9.17, 15) is 9.59 Å². The van der Waals surface area contributed by atoms with Gasteiger partial charge in [0.1, 0.15) is 11.3 Å². The summed E-state index contributed by atoms with van der Waals surface area (Å²) in [6.45, 7) is -0.232. The predicted molar refractivity (Wildman–Crippen MR) is 103 cm³/mol. The minimum atomic E-state index is -0.501. The zero-order chi connectivity index (χ0) is 19.2. The standard InChI is InChI=1S/C19H15BrN2O5/c1-25-18(23)11-26-15-7-6-14(20)8-13(15)10-21-22-19(24)17-9-12-4-2-3-5-16(12)27-17/h2-10H,11H2,1H3,(H,22,24)/b21-10+. The van der Waals surface area contributed by atoms with Crippen LogP contribution >= 0.6 is 15.9 Å². The van der Waals surface area contributed by atoms with Crippen LogP contribution in [0.25, 0.3) is 11.0 Å². The van der Waals surface area contributed by atoms with Crippen LogP contribution in [0.15, 0.2) is 62.5 Å². The average Bonchev–Trinajstić information content (AvgIpc) is 3.11. The highest BCUT2D eigenvalue weighted by molar-refractivity contribution is 9.10. The lowest BCUT2D eigenvalue weighted by Crippen LogP contribution is -2.17. The van der Waals surface area contributed by atoms with Gasteiger partial charge >= 0.3 is 11.9 Å². The fourth-order valence-electron chi connectivity index (χ4n) is 2.26. The van der Waals surface area contributed by atoms with Gasteiger partial charge in [-0.15, -0.1) is 0 Å². The van der Waals surface area contributed by atoms with E-state index >= 15 is 0 Å². The number of ether oxygens (including phenoxy) is 2. The van der Waals surface area contributed by atoms with Crippen LogP contribution in [-0.2, 0) is 9.53 Å². The number of benzene rings is 2. The Balaban J connectivity index is 1.70. The van der Waals surface area contributed by atoms with Crippen LogP contribution in [0.3, 0.4) is 0 Å². The number of rotatable bonds is 6. The van der Waals surface area contributed by atoms with E-state index in [1.54, 1.807) is 30.3 Å². The number of hydrazone groups is 1. The SMILES string of the molecule is COC(=O)COc1ccc(Br)cc1/C=N/NC(=O)c1cc2ccccc2o1. The highest BCUT2D eigenvalue weighted by Crippen LogP contribution is 2.22. The molecule has 0 bridgehead atoms. The summed E-state index contributed by atoms with van der Waals surface area (Å²) in [4.78, 5) is 23.4. The number of carbonyl (C=O) groups excluding carboxylic acids is 2. The van der Waals surface area contributed by atoms with Crippen LogP contribution in [0.1, 0.15) is 16.1 Å². The molecule has 0 aliphatic rings. The quantitative estimate of drug-likeness (QED) is 0.367. The van der Waals surface area contributed by atoms with Crippen molar-refractivity contribution in [3.8, 4) is 5.75 Å². The molecule has 0 spiro atoms. The Morgan fingerprint density at radius 3 is 2.81 bits per heavy atom. The summed E-state index contributed by atoms with van der Waals surface area (Å²) in [7, 11) is 1.28. The van der Waals surface area contributed by atoms with Crippen LogP contribution in [0, 0.1) is 0 Å². The Hall–Kier alpha value is -3.13. The normalized spacial score (nSPS) is 10.9. The fraction of sp³-hybridized carbons (Fsp3) is 0.105. The summed E-state index contributed by atoms with van der Waals surface area (Å²) in [5.41, 5.74) is 3.60. The number of hydrogen-bond donors (Lipinski definition) is 1. The van der Waals surface area contributed by atoms with Gasteiger partial charge in [0.2, 0.25) is 0 Å². The van der Waals surface area contributed by atoms with Gasteiger partial charge in [-0.1, -0.05) is 34.1 Å². The van der Waals surface area contributed by atoms with Gasteiger partial charge in [0.25, 0.3) is 0 Å². The number of esters is 1. The number of hydrogen-bond acceptors (Lipinski definition) is 6. The number of methoxy groups -OCH3 is 1. The van der Waals surface area contributed by atoms with Gasteiger partial charge in [0.05, 0.1) is 13.3 Å². The third kappa shape index (κ3) is 4.73. The van der Waals surface area contributed by atoms with E-state index in [0.717, 1.165) is 9.86 Å². The highest BCUT2D eigenvalue weighted by Gasteiger charge is 2.11. The second kappa shape index (κ2) is 8.50. The molecule has 1 amide bonds. The summed E-state index contributed by atoms with van der Waals surface area (Å²) in [5.74, 6) is -0.399. The molecule has 0 fully saturated rings. The summed E-state index contributed by atoms with van der Waals surface area (Å²) >= 11 is 3.36. The molecule has 0 radical (unpaired) electrons. The molecule has 0 aliphatic heterocycles. The van der Waals surface area contributed by atoms with Crippen molar-refractivity contribution in [1.82, 2.24) is 5.43 Å². The maximum atomic E-state index is 12.2. The minimum absolute atomic E-state index is 0.157. The molecule has 8 heteroatoms. The molecule has 3 aromatic rings. The van der Waals surface area contributed by atoms with Gasteiger partial charge in [0.15, 0.2) is 12.4 Å². The maximum Gasteiger partial charge on any atom is 0.343 e. The molecule has 138 valence electrons. The summed E-state index contributed by atoms with van der Waals surface area (Å²) in [5, 5.41) is 4.77. The Labute approximate surface area is 163 Å². The average molecular weight is 431 g/mol. The summed E-state index contributed by atoms with van der Waals surface area (Å²) < 4.78 is 16.2. The fourth-order valence-corrected chi connectivity index (χ4v) is 2.64. The van der Waals surface area contributed by atoms with Crippen LogP contribution in [-0.4, -0.2) is 31.8 Å². The zero-order valence-corrected chi connectivity index (χ0v) is 15.9. The first kappa shape index (κ1) is 18.7. The van der Waals surface area contributed by atoms with Crippen LogP contribution < -0.4 is 10.2 Å². The Morgan fingerprint density at radius 1 is 1.22 bits per heavy atom. The van der Waals surface area contributed by atoms with Gasteiger partial charge in [-0.2, -0.15) is 5.10 Å². The second-order valence-electron chi connectivity index (χ2n) is 5.39. The van der Waals surface area contributed by atoms with Gasteiger partial charge in [-0.05, 0) is 30.3 Å². The van der Waals surface area contributed by atoms with Crippen molar-refractivity contribution >= 4 is 45.0 Å². The predicted octanol–water partition coefficient (Wildman–Crippen LogP) is 3.51. The maximum absolute atomic E-state index is 12.2. The minimum Gasteiger partial charge on any atom is -0.481 e. The van der Waals surface area contributed by atoms with E-state index in [2.05, 4.69) is 31.2 Å². The van der Waals surface area contributed by atoms with Crippen molar-refractivity contribution in [2.75, 3.05) is 13.7 Å². The molecule has 0 saturated carbocycles. The van der Waals surface area contributed by atoms with Crippen molar-refractivity contribution in [2.45, 2.75) is 0 Å². The van der Waals surface area contributed by atoms with Crippen LogP contribution in [0.2, 0.25) is 0 Å². The zero-order valence-electron chi connectivity index (χ0n) is 14.3. The van der Waals surface area contributed by atoms with Crippen LogP contribution in [0.5, 0.6) is 5.75 Å². The number of halogens is 1. The highest BCUT2D eigenvalue weighted by atomic mass is 79.9. The van der Waals surface area contributed by atoms with Gasteiger partial charge in [-0.3, -0.25) is 4.79 Å².